The molecule has 4 rings (SSSR count). The fraction of sp³-hybridized carbons (Fsp3) is 0.0938. The predicted molar refractivity (Wildman–Crippen MR) is 174 cm³/mol. The van der Waals surface area contributed by atoms with Gasteiger partial charge in [-0.1, -0.05) is 71.2 Å². The van der Waals surface area contributed by atoms with E-state index in [1.54, 1.807) is 72.8 Å². The van der Waals surface area contributed by atoms with Gasteiger partial charge in [-0.25, -0.2) is 0 Å². The van der Waals surface area contributed by atoms with Crippen molar-refractivity contribution in [1.29, 1.82) is 0 Å². The Morgan fingerprint density at radius 2 is 1.56 bits per heavy atom. The fourth-order valence-corrected chi connectivity index (χ4v) is 5.39. The number of hydrogen-bond donors (Lipinski definition) is 3. The predicted octanol–water partition coefficient (Wildman–Crippen LogP) is 9.19. The van der Waals surface area contributed by atoms with Crippen LogP contribution in [0.25, 0.3) is 6.08 Å². The maximum Gasteiger partial charge on any atom is 0.418 e. The number of carbonyl (C=O) groups excluding carboxylic acids is 3. The second-order valence-corrected chi connectivity index (χ2v) is 12.1. The summed E-state index contributed by atoms with van der Waals surface area (Å²) < 4.78 is 40.4. The van der Waals surface area contributed by atoms with Gasteiger partial charge in [0, 0.05) is 21.2 Å². The summed E-state index contributed by atoms with van der Waals surface area (Å²) >= 11 is 19.2. The molecule has 0 aromatic heterocycles. The molecule has 0 heterocycles. The smallest absolute Gasteiger partial charge is 0.325 e. The molecule has 6 nitrogen and oxygen atoms in total. The van der Waals surface area contributed by atoms with Crippen LogP contribution in [0.15, 0.2) is 102 Å². The summed E-state index contributed by atoms with van der Waals surface area (Å²) in [5, 5.41) is 7.15. The zero-order chi connectivity index (χ0) is 32.7. The van der Waals surface area contributed by atoms with E-state index in [2.05, 4.69) is 16.0 Å². The lowest BCUT2D eigenvalue weighted by molar-refractivity contribution is -0.137. The van der Waals surface area contributed by atoms with Gasteiger partial charge in [-0.3, -0.25) is 14.4 Å². The van der Waals surface area contributed by atoms with E-state index in [-0.39, 0.29) is 20.8 Å². The maximum atomic E-state index is 13.5. The van der Waals surface area contributed by atoms with Crippen LogP contribution in [0.3, 0.4) is 0 Å². The van der Waals surface area contributed by atoms with Crippen LogP contribution < -0.4 is 16.0 Å². The summed E-state index contributed by atoms with van der Waals surface area (Å²) in [7, 11) is 0. The highest BCUT2D eigenvalue weighted by Crippen LogP contribution is 2.37. The molecule has 4 aromatic rings. The van der Waals surface area contributed by atoms with Crippen molar-refractivity contribution in [2.45, 2.75) is 23.2 Å². The molecule has 0 saturated heterocycles. The van der Waals surface area contributed by atoms with Crippen molar-refractivity contribution in [1.82, 2.24) is 5.32 Å². The molecule has 232 valence electrons. The van der Waals surface area contributed by atoms with Gasteiger partial charge in [0.25, 0.3) is 11.8 Å². The Kier molecular flexibility index (Phi) is 11.2. The fourth-order valence-electron chi connectivity index (χ4n) is 3.93. The molecule has 1 unspecified atom stereocenters. The Hall–Kier alpha value is -3.96. The molecule has 3 amide bonds. The van der Waals surface area contributed by atoms with Crippen LogP contribution in [0.1, 0.15) is 28.4 Å². The lowest BCUT2D eigenvalue weighted by Gasteiger charge is -2.17. The van der Waals surface area contributed by atoms with Crippen LogP contribution >= 0.6 is 46.6 Å². The van der Waals surface area contributed by atoms with Crippen molar-refractivity contribution in [2.24, 2.45) is 0 Å². The molecule has 45 heavy (non-hydrogen) atoms. The van der Waals surface area contributed by atoms with Crippen LogP contribution in [-0.4, -0.2) is 23.0 Å². The average Bonchev–Trinajstić information content (AvgIpc) is 2.99. The molecule has 0 radical (unpaired) electrons. The van der Waals surface area contributed by atoms with Crippen molar-refractivity contribution in [3.8, 4) is 0 Å². The molecule has 0 fully saturated rings. The molecular weight excluding hydrogens is 670 g/mol. The molecule has 4 aromatic carbocycles. The van der Waals surface area contributed by atoms with Crippen molar-refractivity contribution in [3.05, 3.63) is 128 Å². The first kappa shape index (κ1) is 33.9. The van der Waals surface area contributed by atoms with E-state index in [4.69, 9.17) is 34.8 Å². The maximum absolute atomic E-state index is 13.5. The number of thioether (sulfide) groups is 1. The first-order valence-electron chi connectivity index (χ1n) is 13.1. The van der Waals surface area contributed by atoms with Gasteiger partial charge in [-0.15, -0.1) is 11.8 Å². The van der Waals surface area contributed by atoms with E-state index >= 15 is 0 Å². The normalized spacial score (nSPS) is 12.3. The zero-order valence-electron chi connectivity index (χ0n) is 23.2. The van der Waals surface area contributed by atoms with Crippen molar-refractivity contribution in [2.75, 3.05) is 10.6 Å². The highest BCUT2D eigenvalue weighted by atomic mass is 35.5. The molecule has 0 aliphatic heterocycles. The Morgan fingerprint density at radius 3 is 2.27 bits per heavy atom. The molecule has 0 aliphatic carbocycles. The van der Waals surface area contributed by atoms with Crippen LogP contribution in [0, 0.1) is 0 Å². The SMILES string of the molecule is CC(Sc1cccc(NC(=O)/C(=C\c2cccc(Cl)c2Cl)NC(=O)c2ccccc2)c1)C(=O)Nc1ccc(Cl)cc1C(F)(F)F. The summed E-state index contributed by atoms with van der Waals surface area (Å²) in [6, 6.07) is 22.7. The molecular formula is C32H23Cl3F3N3O3S. The Bertz CT molecular complexity index is 1770. The molecule has 0 spiro atoms. The largest absolute Gasteiger partial charge is 0.418 e. The number of hydrogen-bond acceptors (Lipinski definition) is 4. The van der Waals surface area contributed by atoms with E-state index in [1.165, 1.54) is 19.1 Å². The number of rotatable bonds is 9. The summed E-state index contributed by atoms with van der Waals surface area (Å²) in [6.07, 6.45) is -3.33. The first-order chi connectivity index (χ1) is 21.3. The van der Waals surface area contributed by atoms with Crippen molar-refractivity contribution >= 4 is 81.7 Å². The first-order valence-corrected chi connectivity index (χ1v) is 15.1. The van der Waals surface area contributed by atoms with E-state index < -0.39 is 40.4 Å². The summed E-state index contributed by atoms with van der Waals surface area (Å²) in [6.45, 7) is 1.53. The highest BCUT2D eigenvalue weighted by Gasteiger charge is 2.34. The summed E-state index contributed by atoms with van der Waals surface area (Å²) in [4.78, 5) is 39.7. The zero-order valence-corrected chi connectivity index (χ0v) is 26.3. The molecule has 0 saturated carbocycles. The van der Waals surface area contributed by atoms with E-state index in [0.717, 1.165) is 23.9 Å². The van der Waals surface area contributed by atoms with E-state index in [0.29, 0.717) is 21.7 Å². The topological polar surface area (TPSA) is 87.3 Å². The van der Waals surface area contributed by atoms with Gasteiger partial charge in [-0.2, -0.15) is 13.2 Å². The number of alkyl halides is 3. The molecule has 13 heteroatoms. The molecule has 0 aliphatic rings. The highest BCUT2D eigenvalue weighted by molar-refractivity contribution is 8.00. The van der Waals surface area contributed by atoms with E-state index in [1.807, 2.05) is 0 Å². The Labute approximate surface area is 275 Å². The van der Waals surface area contributed by atoms with Crippen molar-refractivity contribution in [3.63, 3.8) is 0 Å². The van der Waals surface area contributed by atoms with Crippen molar-refractivity contribution < 1.29 is 27.6 Å². The number of anilines is 2. The lowest BCUT2D eigenvalue weighted by Crippen LogP contribution is -2.30. The second-order valence-electron chi connectivity index (χ2n) is 9.44. The monoisotopic (exact) mass is 691 g/mol. The molecule has 0 bridgehead atoms. The minimum absolute atomic E-state index is 0.116. The van der Waals surface area contributed by atoms with Gasteiger partial charge < -0.3 is 16.0 Å². The molecule has 3 N–H and O–H groups in total. The second kappa shape index (κ2) is 14.9. The lowest BCUT2D eigenvalue weighted by atomic mass is 10.1. The minimum Gasteiger partial charge on any atom is -0.325 e. The van der Waals surface area contributed by atoms with Gasteiger partial charge in [0.05, 0.1) is 26.5 Å². The van der Waals surface area contributed by atoms with Crippen LogP contribution in [0.5, 0.6) is 0 Å². The minimum atomic E-state index is -4.72. The summed E-state index contributed by atoms with van der Waals surface area (Å²) in [5.41, 5.74) is -0.565. The van der Waals surface area contributed by atoms with Crippen LogP contribution in [-0.2, 0) is 15.8 Å². The van der Waals surface area contributed by atoms with Gasteiger partial charge in [0.2, 0.25) is 5.91 Å². The number of halogens is 6. The summed E-state index contributed by atoms with van der Waals surface area (Å²) in [5.74, 6) is -1.88. The third-order valence-corrected chi connectivity index (χ3v) is 8.29. The quantitative estimate of drug-likeness (QED) is 0.121. The molecule has 1 atom stereocenters. The third-order valence-electron chi connectivity index (χ3n) is 6.13. The number of nitrogens with one attached hydrogen (secondary N) is 3. The Balaban J connectivity index is 1.51. The number of carbonyl (C=O) groups is 3. The van der Waals surface area contributed by atoms with Crippen LogP contribution in [0.4, 0.5) is 24.5 Å². The number of benzene rings is 4. The van der Waals surface area contributed by atoms with Gasteiger partial charge in [0.15, 0.2) is 0 Å². The number of amides is 3. The van der Waals surface area contributed by atoms with Gasteiger partial charge in [0.1, 0.15) is 5.70 Å². The third kappa shape index (κ3) is 9.27. The van der Waals surface area contributed by atoms with Gasteiger partial charge >= 0.3 is 6.18 Å². The average molecular weight is 693 g/mol. The Morgan fingerprint density at radius 1 is 0.844 bits per heavy atom. The van der Waals surface area contributed by atoms with Crippen LogP contribution in [0.2, 0.25) is 15.1 Å². The van der Waals surface area contributed by atoms with Gasteiger partial charge in [-0.05, 0) is 73.2 Å². The standard InChI is InChI=1S/C32H23Cl3F3N3O3S/c1-18(29(42)40-26-14-13-21(33)16-24(26)32(36,37)38)45-23-11-6-10-22(17-23)39-31(44)27(15-20-9-5-12-25(34)28(20)35)41-30(43)19-7-3-2-4-8-19/h2-18H,1H3,(H,39,44)(H,40,42)(H,41,43)/b27-15+. The van der Waals surface area contributed by atoms with E-state index in [9.17, 15) is 27.6 Å².